The maximum absolute atomic E-state index is 9.63. The largest absolute Gasteiger partial charge is 0.393 e. The van der Waals surface area contributed by atoms with Crippen molar-refractivity contribution in [1.82, 2.24) is 0 Å². The first-order chi connectivity index (χ1) is 5.36. The summed E-state index contributed by atoms with van der Waals surface area (Å²) in [7, 11) is 0. The van der Waals surface area contributed by atoms with Crippen LogP contribution >= 0.6 is 0 Å². The Labute approximate surface area is 67.1 Å². The zero-order valence-electron chi connectivity index (χ0n) is 6.61. The molecule has 1 heteroatoms. The summed E-state index contributed by atoms with van der Waals surface area (Å²) in [5, 5.41) is 9.63. The standard InChI is InChI=1S/C10H14O/c11-10-5-6-4-9(10)8-3-1-2-7(6)8/h1,3,6-11H,2,4-5H2/t6-,7-,8+,9-,10-/m1/s1. The Kier molecular flexibility index (Phi) is 1.07. The summed E-state index contributed by atoms with van der Waals surface area (Å²) in [6.45, 7) is 0. The first-order valence-corrected chi connectivity index (χ1v) is 4.71. The van der Waals surface area contributed by atoms with Gasteiger partial charge in [-0.25, -0.2) is 0 Å². The van der Waals surface area contributed by atoms with Crippen LogP contribution in [0.5, 0.6) is 0 Å². The van der Waals surface area contributed by atoms with Gasteiger partial charge in [-0.05, 0) is 42.9 Å². The van der Waals surface area contributed by atoms with Crippen molar-refractivity contribution in [3.05, 3.63) is 12.2 Å². The molecule has 11 heavy (non-hydrogen) atoms. The molecule has 3 aliphatic carbocycles. The van der Waals surface area contributed by atoms with Gasteiger partial charge in [-0.3, -0.25) is 0 Å². The third-order valence-electron chi connectivity index (χ3n) is 3.97. The molecule has 0 radical (unpaired) electrons. The molecule has 2 fully saturated rings. The van der Waals surface area contributed by atoms with Gasteiger partial charge in [0.15, 0.2) is 0 Å². The zero-order valence-corrected chi connectivity index (χ0v) is 6.61. The minimum absolute atomic E-state index is 0.0315. The van der Waals surface area contributed by atoms with Crippen LogP contribution in [-0.4, -0.2) is 11.2 Å². The van der Waals surface area contributed by atoms with E-state index in [2.05, 4.69) is 12.2 Å². The van der Waals surface area contributed by atoms with Crippen LogP contribution in [0.2, 0.25) is 0 Å². The summed E-state index contributed by atoms with van der Waals surface area (Å²) in [6.07, 6.45) is 8.38. The van der Waals surface area contributed by atoms with E-state index in [1.807, 2.05) is 0 Å². The molecule has 0 saturated heterocycles. The van der Waals surface area contributed by atoms with Gasteiger partial charge in [0.1, 0.15) is 0 Å². The van der Waals surface area contributed by atoms with Crippen molar-refractivity contribution in [2.24, 2.45) is 23.7 Å². The molecule has 2 saturated carbocycles. The fourth-order valence-corrected chi connectivity index (χ4v) is 3.51. The molecule has 5 atom stereocenters. The fraction of sp³-hybridized carbons (Fsp3) is 0.800. The summed E-state index contributed by atoms with van der Waals surface area (Å²) in [6, 6.07) is 0. The van der Waals surface area contributed by atoms with E-state index in [4.69, 9.17) is 0 Å². The summed E-state index contributed by atoms with van der Waals surface area (Å²) in [4.78, 5) is 0. The summed E-state index contributed by atoms with van der Waals surface area (Å²) < 4.78 is 0. The number of rotatable bonds is 0. The average Bonchev–Trinajstić information content (AvgIpc) is 2.52. The number of hydrogen-bond donors (Lipinski definition) is 1. The molecule has 3 rings (SSSR count). The van der Waals surface area contributed by atoms with Crippen molar-refractivity contribution < 1.29 is 5.11 Å². The minimum Gasteiger partial charge on any atom is -0.393 e. The molecule has 0 spiro atoms. The second-order valence-corrected chi connectivity index (χ2v) is 4.37. The van der Waals surface area contributed by atoms with E-state index in [1.165, 1.54) is 12.8 Å². The van der Waals surface area contributed by atoms with Crippen LogP contribution in [0.15, 0.2) is 12.2 Å². The predicted octanol–water partition coefficient (Wildman–Crippen LogP) is 1.58. The van der Waals surface area contributed by atoms with Gasteiger partial charge in [0.25, 0.3) is 0 Å². The van der Waals surface area contributed by atoms with Gasteiger partial charge in [-0.15, -0.1) is 0 Å². The first-order valence-electron chi connectivity index (χ1n) is 4.71. The Balaban J connectivity index is 1.94. The van der Waals surface area contributed by atoms with Crippen molar-refractivity contribution in [1.29, 1.82) is 0 Å². The average molecular weight is 150 g/mol. The van der Waals surface area contributed by atoms with Crippen LogP contribution in [0.1, 0.15) is 19.3 Å². The van der Waals surface area contributed by atoms with Crippen molar-refractivity contribution in [3.63, 3.8) is 0 Å². The molecule has 0 aliphatic heterocycles. The highest BCUT2D eigenvalue weighted by Crippen LogP contribution is 2.56. The van der Waals surface area contributed by atoms with E-state index in [0.29, 0.717) is 5.92 Å². The van der Waals surface area contributed by atoms with Gasteiger partial charge < -0.3 is 5.11 Å². The minimum atomic E-state index is 0.0315. The Morgan fingerprint density at radius 3 is 3.00 bits per heavy atom. The number of aliphatic hydroxyl groups excluding tert-OH is 1. The molecular weight excluding hydrogens is 136 g/mol. The van der Waals surface area contributed by atoms with E-state index in [0.717, 1.165) is 24.2 Å². The van der Waals surface area contributed by atoms with E-state index >= 15 is 0 Å². The zero-order chi connectivity index (χ0) is 7.42. The number of aliphatic hydroxyl groups is 1. The van der Waals surface area contributed by atoms with Gasteiger partial charge in [-0.1, -0.05) is 12.2 Å². The van der Waals surface area contributed by atoms with Crippen molar-refractivity contribution >= 4 is 0 Å². The Morgan fingerprint density at radius 2 is 2.09 bits per heavy atom. The van der Waals surface area contributed by atoms with E-state index in [1.54, 1.807) is 0 Å². The molecule has 1 nitrogen and oxygen atoms in total. The van der Waals surface area contributed by atoms with Gasteiger partial charge in [-0.2, -0.15) is 0 Å². The second-order valence-electron chi connectivity index (χ2n) is 4.37. The van der Waals surface area contributed by atoms with Gasteiger partial charge in [0, 0.05) is 0 Å². The quantitative estimate of drug-likeness (QED) is 0.520. The summed E-state index contributed by atoms with van der Waals surface area (Å²) in [5.74, 6) is 3.16. The maximum Gasteiger partial charge on any atom is 0.0577 e. The van der Waals surface area contributed by atoms with Crippen LogP contribution in [-0.2, 0) is 0 Å². The molecule has 0 aromatic heterocycles. The van der Waals surface area contributed by atoms with Crippen LogP contribution in [0.3, 0.4) is 0 Å². The lowest BCUT2D eigenvalue weighted by Crippen LogP contribution is -2.27. The summed E-state index contributed by atoms with van der Waals surface area (Å²) in [5.41, 5.74) is 0. The Morgan fingerprint density at radius 1 is 1.18 bits per heavy atom. The Bertz CT molecular complexity index is 209. The highest BCUT2D eigenvalue weighted by atomic mass is 16.3. The van der Waals surface area contributed by atoms with Crippen LogP contribution in [0, 0.1) is 23.7 Å². The number of allylic oxidation sites excluding steroid dienone is 2. The lowest BCUT2D eigenvalue weighted by atomic mass is 9.80. The molecule has 0 aromatic rings. The highest BCUT2D eigenvalue weighted by molar-refractivity contribution is 5.14. The molecule has 0 aromatic carbocycles. The van der Waals surface area contributed by atoms with Gasteiger partial charge >= 0.3 is 0 Å². The third-order valence-corrected chi connectivity index (χ3v) is 3.97. The molecular formula is C10H14O. The first kappa shape index (κ1) is 6.24. The molecule has 3 aliphatic rings. The van der Waals surface area contributed by atoms with E-state index < -0.39 is 0 Å². The SMILES string of the molecule is O[C@@H]1C[C@H]2C[C@@H]1[C@H]1C=CC[C@H]21. The van der Waals surface area contributed by atoms with E-state index in [-0.39, 0.29) is 6.10 Å². The van der Waals surface area contributed by atoms with Gasteiger partial charge in [0.2, 0.25) is 0 Å². The third kappa shape index (κ3) is 0.652. The number of hydrogen-bond acceptors (Lipinski definition) is 1. The molecule has 0 unspecified atom stereocenters. The smallest absolute Gasteiger partial charge is 0.0577 e. The molecule has 0 heterocycles. The predicted molar refractivity (Wildman–Crippen MR) is 43.0 cm³/mol. The van der Waals surface area contributed by atoms with E-state index in [9.17, 15) is 5.11 Å². The van der Waals surface area contributed by atoms with Crippen molar-refractivity contribution in [2.75, 3.05) is 0 Å². The fourth-order valence-electron chi connectivity index (χ4n) is 3.51. The topological polar surface area (TPSA) is 20.2 Å². The monoisotopic (exact) mass is 150 g/mol. The molecule has 2 bridgehead atoms. The van der Waals surface area contributed by atoms with Gasteiger partial charge in [0.05, 0.1) is 6.10 Å². The Hall–Kier alpha value is -0.300. The molecule has 0 amide bonds. The van der Waals surface area contributed by atoms with Crippen LogP contribution in [0.4, 0.5) is 0 Å². The maximum atomic E-state index is 9.63. The molecule has 1 N–H and O–H groups in total. The van der Waals surface area contributed by atoms with Crippen molar-refractivity contribution in [3.8, 4) is 0 Å². The molecule has 60 valence electrons. The number of fused-ring (bicyclic) bond motifs is 5. The van der Waals surface area contributed by atoms with Crippen LogP contribution in [0.25, 0.3) is 0 Å². The normalized spacial score (nSPS) is 58.8. The lowest BCUT2D eigenvalue weighted by Gasteiger charge is -2.27. The second kappa shape index (κ2) is 1.89. The lowest BCUT2D eigenvalue weighted by molar-refractivity contribution is 0.0746. The highest BCUT2D eigenvalue weighted by Gasteiger charge is 2.51. The van der Waals surface area contributed by atoms with Crippen LogP contribution < -0.4 is 0 Å². The summed E-state index contributed by atoms with van der Waals surface area (Å²) >= 11 is 0. The van der Waals surface area contributed by atoms with Crippen molar-refractivity contribution in [2.45, 2.75) is 25.4 Å².